The molecule has 2 amide bonds. The molecule has 0 bridgehead atoms. The van der Waals surface area contributed by atoms with E-state index in [0.717, 1.165) is 35.1 Å². The topological polar surface area (TPSA) is 105 Å². The molecule has 2 N–H and O–H groups in total. The van der Waals surface area contributed by atoms with Gasteiger partial charge in [-0.15, -0.1) is 0 Å². The van der Waals surface area contributed by atoms with Crippen LogP contribution in [0.5, 0.6) is 0 Å². The van der Waals surface area contributed by atoms with E-state index in [1.807, 2.05) is 24.3 Å². The van der Waals surface area contributed by atoms with Gasteiger partial charge in [0, 0.05) is 18.5 Å². The van der Waals surface area contributed by atoms with Crippen LogP contribution >= 0.6 is 0 Å². The van der Waals surface area contributed by atoms with Crippen LogP contribution in [0, 0.1) is 5.92 Å². The lowest BCUT2D eigenvalue weighted by Crippen LogP contribution is -2.57. The van der Waals surface area contributed by atoms with E-state index in [1.165, 1.54) is 4.90 Å². The van der Waals surface area contributed by atoms with Crippen molar-refractivity contribution in [3.05, 3.63) is 59.7 Å². The quantitative estimate of drug-likeness (QED) is 0.683. The smallest absolute Gasteiger partial charge is 0.407 e. The van der Waals surface area contributed by atoms with Gasteiger partial charge in [-0.3, -0.25) is 4.79 Å². The highest BCUT2D eigenvalue weighted by Gasteiger charge is 2.40. The van der Waals surface area contributed by atoms with E-state index in [4.69, 9.17) is 9.47 Å². The van der Waals surface area contributed by atoms with Gasteiger partial charge in [-0.05, 0) is 35.1 Å². The molecule has 0 radical (unpaired) electrons. The minimum absolute atomic E-state index is 0.0156. The monoisotopic (exact) mass is 478 g/mol. The van der Waals surface area contributed by atoms with Crippen molar-refractivity contribution in [1.82, 2.24) is 10.2 Å². The van der Waals surface area contributed by atoms with Crippen LogP contribution < -0.4 is 5.32 Å². The number of ether oxygens (including phenoxy) is 2. The van der Waals surface area contributed by atoms with Crippen molar-refractivity contribution in [1.29, 1.82) is 0 Å². The Morgan fingerprint density at radius 3 is 2.34 bits per heavy atom. The molecule has 2 aliphatic carbocycles. The molecular weight excluding hydrogens is 448 g/mol. The molecule has 2 fully saturated rings. The first-order valence-corrected chi connectivity index (χ1v) is 12.3. The average Bonchev–Trinajstić information content (AvgIpc) is 3.21. The minimum atomic E-state index is -1.07. The molecule has 2 aromatic rings. The number of alkyl carbamates (subject to hydrolysis) is 1. The van der Waals surface area contributed by atoms with Crippen molar-refractivity contribution >= 4 is 18.0 Å². The number of carboxylic acid groups (broad SMARTS) is 1. The maximum absolute atomic E-state index is 13.3. The predicted molar refractivity (Wildman–Crippen MR) is 128 cm³/mol. The van der Waals surface area contributed by atoms with Crippen LogP contribution in [-0.2, 0) is 19.1 Å². The molecule has 1 heterocycles. The Labute approximate surface area is 204 Å². The Balaban J connectivity index is 1.25. The van der Waals surface area contributed by atoms with Crippen LogP contribution in [0.4, 0.5) is 4.79 Å². The summed E-state index contributed by atoms with van der Waals surface area (Å²) in [5, 5.41) is 12.4. The molecule has 0 aromatic heterocycles. The van der Waals surface area contributed by atoms with Gasteiger partial charge in [0.1, 0.15) is 6.61 Å². The fourth-order valence-electron chi connectivity index (χ4n) is 5.68. The van der Waals surface area contributed by atoms with Gasteiger partial charge in [0.2, 0.25) is 5.91 Å². The number of hydrogen-bond acceptors (Lipinski definition) is 5. The lowest BCUT2D eigenvalue weighted by molar-refractivity contribution is -0.161. The minimum Gasteiger partial charge on any atom is -0.480 e. The average molecular weight is 479 g/mol. The molecule has 2 aromatic carbocycles. The molecule has 3 aliphatic rings. The molecular formula is C27H30N2O6. The number of carbonyl (C=O) groups is 3. The second kappa shape index (κ2) is 10.1. The van der Waals surface area contributed by atoms with E-state index in [1.54, 1.807) is 0 Å². The fraction of sp³-hybridized carbons (Fsp3) is 0.444. The number of fused-ring (bicyclic) bond motifs is 3. The number of hydrogen-bond donors (Lipinski definition) is 2. The summed E-state index contributed by atoms with van der Waals surface area (Å²) in [7, 11) is 0. The van der Waals surface area contributed by atoms with E-state index in [2.05, 4.69) is 29.6 Å². The summed E-state index contributed by atoms with van der Waals surface area (Å²) in [6.45, 7) is 0.741. The number of carbonyl (C=O) groups excluding carboxylic acids is 2. The van der Waals surface area contributed by atoms with Crippen LogP contribution in [0.25, 0.3) is 11.1 Å². The van der Waals surface area contributed by atoms with Crippen LogP contribution in [-0.4, -0.2) is 66.4 Å². The summed E-state index contributed by atoms with van der Waals surface area (Å²) in [5.74, 6) is -1.81. The second-order valence-electron chi connectivity index (χ2n) is 9.43. The third-order valence-corrected chi connectivity index (χ3v) is 7.43. The lowest BCUT2D eigenvalue weighted by Gasteiger charge is -2.39. The molecule has 1 saturated carbocycles. The Morgan fingerprint density at radius 1 is 1.00 bits per heavy atom. The van der Waals surface area contributed by atoms with Crippen LogP contribution in [0.2, 0.25) is 0 Å². The van der Waals surface area contributed by atoms with Gasteiger partial charge in [-0.2, -0.15) is 0 Å². The standard InChI is InChI=1S/C27H30N2O6/c30-25(29-13-14-34-16-24(29)26(31)32)21-11-5-6-12-23(21)28-27(33)35-15-22-19-9-3-1-7-17(19)18-8-2-4-10-20(18)22/h1-4,7-10,21-24H,5-6,11-16H2,(H,28,33)(H,31,32)/t21-,23+,24?/m0/s1. The SMILES string of the molecule is O=C(N[C@@H]1CCCC[C@@H]1C(=O)N1CCOCC1C(=O)O)OCC1c2ccccc2-c2ccccc21. The number of aliphatic carboxylic acids is 1. The number of morpholine rings is 1. The zero-order valence-electron chi connectivity index (χ0n) is 19.5. The maximum atomic E-state index is 13.3. The summed E-state index contributed by atoms with van der Waals surface area (Å²) in [4.78, 5) is 39.2. The number of amides is 2. The number of nitrogens with zero attached hydrogens (tertiary/aromatic N) is 1. The molecule has 184 valence electrons. The first kappa shape index (κ1) is 23.4. The van der Waals surface area contributed by atoms with Crippen molar-refractivity contribution in [2.45, 2.75) is 43.7 Å². The van der Waals surface area contributed by atoms with Crippen molar-refractivity contribution < 1.29 is 29.0 Å². The molecule has 35 heavy (non-hydrogen) atoms. The first-order valence-electron chi connectivity index (χ1n) is 12.3. The summed E-state index contributed by atoms with van der Waals surface area (Å²) in [5.41, 5.74) is 4.60. The van der Waals surface area contributed by atoms with Crippen molar-refractivity contribution in [3.8, 4) is 11.1 Å². The highest BCUT2D eigenvalue weighted by atomic mass is 16.5. The Hall–Kier alpha value is -3.39. The molecule has 8 heteroatoms. The predicted octanol–water partition coefficient (Wildman–Crippen LogP) is 3.40. The van der Waals surface area contributed by atoms with Gasteiger partial charge < -0.3 is 24.8 Å². The fourth-order valence-corrected chi connectivity index (χ4v) is 5.68. The molecule has 8 nitrogen and oxygen atoms in total. The van der Waals surface area contributed by atoms with Crippen LogP contribution in [0.3, 0.4) is 0 Å². The van der Waals surface area contributed by atoms with Gasteiger partial charge in [0.15, 0.2) is 6.04 Å². The maximum Gasteiger partial charge on any atom is 0.407 e. The van der Waals surface area contributed by atoms with Gasteiger partial charge in [0.25, 0.3) is 0 Å². The highest BCUT2D eigenvalue weighted by molar-refractivity contribution is 5.86. The molecule has 3 atom stereocenters. The van der Waals surface area contributed by atoms with Gasteiger partial charge in [-0.25, -0.2) is 9.59 Å². The van der Waals surface area contributed by atoms with Crippen LogP contribution in [0.1, 0.15) is 42.7 Å². The van der Waals surface area contributed by atoms with Crippen LogP contribution in [0.15, 0.2) is 48.5 Å². The number of nitrogens with one attached hydrogen (secondary N) is 1. The Morgan fingerprint density at radius 2 is 1.66 bits per heavy atom. The van der Waals surface area contributed by atoms with E-state index in [0.29, 0.717) is 19.4 Å². The van der Waals surface area contributed by atoms with Crippen molar-refractivity contribution in [3.63, 3.8) is 0 Å². The van der Waals surface area contributed by atoms with Gasteiger partial charge in [-0.1, -0.05) is 61.4 Å². The lowest BCUT2D eigenvalue weighted by atomic mass is 9.83. The van der Waals surface area contributed by atoms with Gasteiger partial charge in [0.05, 0.1) is 19.1 Å². The zero-order valence-corrected chi connectivity index (χ0v) is 19.5. The molecule has 1 saturated heterocycles. The number of carboxylic acids is 1. The van der Waals surface area contributed by atoms with Crippen molar-refractivity contribution in [2.24, 2.45) is 5.92 Å². The largest absolute Gasteiger partial charge is 0.480 e. The summed E-state index contributed by atoms with van der Waals surface area (Å²) in [6.07, 6.45) is 2.47. The summed E-state index contributed by atoms with van der Waals surface area (Å²) >= 11 is 0. The zero-order chi connectivity index (χ0) is 24.4. The molecule has 5 rings (SSSR count). The Bertz CT molecular complexity index is 1070. The molecule has 0 spiro atoms. The van der Waals surface area contributed by atoms with E-state index in [-0.39, 0.29) is 37.6 Å². The van der Waals surface area contributed by atoms with E-state index >= 15 is 0 Å². The molecule has 1 aliphatic heterocycles. The summed E-state index contributed by atoms with van der Waals surface area (Å²) in [6, 6.07) is 14.9. The van der Waals surface area contributed by atoms with E-state index in [9.17, 15) is 19.5 Å². The van der Waals surface area contributed by atoms with Gasteiger partial charge >= 0.3 is 12.1 Å². The summed E-state index contributed by atoms with van der Waals surface area (Å²) < 4.78 is 11.0. The second-order valence-corrected chi connectivity index (χ2v) is 9.43. The van der Waals surface area contributed by atoms with Crippen molar-refractivity contribution in [2.75, 3.05) is 26.4 Å². The first-order chi connectivity index (χ1) is 17.0. The van der Waals surface area contributed by atoms with E-state index < -0.39 is 24.0 Å². The third-order valence-electron chi connectivity index (χ3n) is 7.43. The molecule has 1 unspecified atom stereocenters. The normalized spacial score (nSPS) is 23.8. The Kier molecular flexibility index (Phi) is 6.72. The third kappa shape index (κ3) is 4.62. The number of rotatable bonds is 5. The highest BCUT2D eigenvalue weighted by Crippen LogP contribution is 2.44. The number of benzene rings is 2.